The van der Waals surface area contributed by atoms with Crippen LogP contribution in [0.2, 0.25) is 10.0 Å². The van der Waals surface area contributed by atoms with Crippen LogP contribution >= 0.6 is 23.2 Å². The molecule has 0 spiro atoms. The van der Waals surface area contributed by atoms with Crippen molar-refractivity contribution in [3.63, 3.8) is 0 Å². The van der Waals surface area contributed by atoms with E-state index in [-0.39, 0.29) is 41.5 Å². The summed E-state index contributed by atoms with van der Waals surface area (Å²) in [6, 6.07) is 9.15. The molecule has 34 heavy (non-hydrogen) atoms. The van der Waals surface area contributed by atoms with E-state index in [1.807, 2.05) is 0 Å². The Kier molecular flexibility index (Phi) is 7.84. The minimum Gasteiger partial charge on any atom is -0.485 e. The maximum Gasteiger partial charge on any atom is 0.317 e. The summed E-state index contributed by atoms with van der Waals surface area (Å²) in [5.74, 6) is 0.0256. The molecule has 2 aliphatic heterocycles. The van der Waals surface area contributed by atoms with Gasteiger partial charge in [-0.15, -0.1) is 0 Å². The maximum atomic E-state index is 13.4. The normalized spacial score (nSPS) is 17.7. The number of hydrogen-bond acceptors (Lipinski definition) is 5. The lowest BCUT2D eigenvalue weighted by molar-refractivity contribution is -0.124. The summed E-state index contributed by atoms with van der Waals surface area (Å²) in [6.07, 6.45) is 1.07. The van der Waals surface area contributed by atoms with E-state index in [4.69, 9.17) is 32.7 Å². The van der Waals surface area contributed by atoms with Crippen LogP contribution in [-0.2, 0) is 4.79 Å². The number of rotatable bonds is 6. The van der Waals surface area contributed by atoms with Crippen molar-refractivity contribution < 1.29 is 23.5 Å². The molecule has 0 aromatic heterocycles. The van der Waals surface area contributed by atoms with Gasteiger partial charge in [0.15, 0.2) is 6.61 Å². The van der Waals surface area contributed by atoms with Crippen molar-refractivity contribution in [1.82, 2.24) is 15.5 Å². The number of ether oxygens (including phenoxy) is 2. The molecule has 1 atom stereocenters. The summed E-state index contributed by atoms with van der Waals surface area (Å²) in [7, 11) is 0. The van der Waals surface area contributed by atoms with Crippen LogP contribution in [0.1, 0.15) is 12.8 Å². The lowest BCUT2D eigenvalue weighted by Gasteiger charge is -2.33. The van der Waals surface area contributed by atoms with E-state index >= 15 is 0 Å². The highest BCUT2D eigenvalue weighted by molar-refractivity contribution is 6.31. The van der Waals surface area contributed by atoms with Gasteiger partial charge in [-0.2, -0.15) is 0 Å². The van der Waals surface area contributed by atoms with Gasteiger partial charge in [0, 0.05) is 30.2 Å². The molecule has 3 amide bonds. The number of nitrogens with one attached hydrogen (secondary N) is 3. The Morgan fingerprint density at radius 3 is 2.74 bits per heavy atom. The van der Waals surface area contributed by atoms with E-state index in [0.717, 1.165) is 11.8 Å². The predicted molar refractivity (Wildman–Crippen MR) is 127 cm³/mol. The second-order valence-corrected chi connectivity index (χ2v) is 8.98. The highest BCUT2D eigenvalue weighted by Crippen LogP contribution is 2.31. The van der Waals surface area contributed by atoms with E-state index in [9.17, 15) is 14.0 Å². The molecule has 2 aliphatic rings. The number of piperidine rings is 1. The predicted octanol–water partition coefficient (Wildman–Crippen LogP) is 3.67. The Hall–Kier alpha value is -2.91. The van der Waals surface area contributed by atoms with Crippen LogP contribution in [0.5, 0.6) is 11.5 Å². The molecule has 1 saturated heterocycles. The first-order valence-electron chi connectivity index (χ1n) is 11.0. The number of halogens is 3. The summed E-state index contributed by atoms with van der Waals surface area (Å²) in [5, 5.41) is 9.69. The molecule has 0 bridgehead atoms. The fraction of sp³-hybridized carbons (Fsp3) is 0.391. The number of amides is 3. The van der Waals surface area contributed by atoms with Crippen molar-refractivity contribution in [2.45, 2.75) is 25.0 Å². The quantitative estimate of drug-likeness (QED) is 0.551. The Balaban J connectivity index is 1.14. The van der Waals surface area contributed by atoms with Crippen molar-refractivity contribution in [1.29, 1.82) is 0 Å². The third-order valence-corrected chi connectivity index (χ3v) is 6.19. The van der Waals surface area contributed by atoms with Crippen molar-refractivity contribution in [3.8, 4) is 11.5 Å². The van der Waals surface area contributed by atoms with Gasteiger partial charge < -0.3 is 30.3 Å². The number of likely N-dealkylation sites (tertiary alicyclic amines) is 1. The van der Waals surface area contributed by atoms with Crippen molar-refractivity contribution in [2.24, 2.45) is 0 Å². The molecule has 2 aromatic rings. The average molecular weight is 511 g/mol. The first-order chi connectivity index (χ1) is 16.4. The van der Waals surface area contributed by atoms with Crippen molar-refractivity contribution in [3.05, 3.63) is 52.3 Å². The Labute approximate surface area is 206 Å². The molecule has 2 aromatic carbocycles. The third-order valence-electron chi connectivity index (χ3n) is 5.64. The Bertz CT molecular complexity index is 1050. The van der Waals surface area contributed by atoms with E-state index in [1.54, 1.807) is 23.1 Å². The smallest absolute Gasteiger partial charge is 0.317 e. The number of nitrogens with zero attached hydrogens (tertiary/aromatic N) is 1. The summed E-state index contributed by atoms with van der Waals surface area (Å²) in [5.41, 5.74) is 0.838. The van der Waals surface area contributed by atoms with Crippen LogP contribution in [0.25, 0.3) is 0 Å². The number of benzene rings is 2. The van der Waals surface area contributed by atoms with Crippen LogP contribution in [0.3, 0.4) is 0 Å². The second-order valence-electron chi connectivity index (χ2n) is 8.14. The molecule has 2 heterocycles. The van der Waals surface area contributed by atoms with Crippen molar-refractivity contribution >= 4 is 40.8 Å². The first-order valence-corrected chi connectivity index (χ1v) is 11.7. The van der Waals surface area contributed by atoms with Gasteiger partial charge in [0.2, 0.25) is 0 Å². The SMILES string of the molecule is O=C(COc1ccc(Cl)c(F)c1)NC1CCN(C(=O)NCC2CNc3cc(Cl)ccc3O2)CC1. The van der Waals surface area contributed by atoms with Gasteiger partial charge in [-0.1, -0.05) is 23.2 Å². The molecule has 0 aliphatic carbocycles. The highest BCUT2D eigenvalue weighted by Gasteiger charge is 2.25. The van der Waals surface area contributed by atoms with E-state index in [0.29, 0.717) is 49.8 Å². The maximum absolute atomic E-state index is 13.4. The summed E-state index contributed by atoms with van der Waals surface area (Å²) in [6.45, 7) is 1.74. The summed E-state index contributed by atoms with van der Waals surface area (Å²) >= 11 is 11.6. The third kappa shape index (κ3) is 6.36. The highest BCUT2D eigenvalue weighted by atomic mass is 35.5. The van der Waals surface area contributed by atoms with Crippen LogP contribution in [-0.4, -0.2) is 61.8 Å². The topological polar surface area (TPSA) is 91.9 Å². The van der Waals surface area contributed by atoms with E-state index < -0.39 is 5.82 Å². The van der Waals surface area contributed by atoms with E-state index in [2.05, 4.69) is 16.0 Å². The minimum absolute atomic E-state index is 0.00812. The first kappa shape index (κ1) is 24.2. The zero-order chi connectivity index (χ0) is 24.1. The fourth-order valence-electron chi connectivity index (χ4n) is 3.83. The standard InChI is InChI=1S/C23H25Cl2FN4O4/c24-14-1-4-21-20(9-14)27-11-17(34-21)12-28-23(32)30-7-5-15(6-8-30)29-22(31)13-33-16-2-3-18(25)19(26)10-16/h1-4,9-10,15,17,27H,5-8,11-13H2,(H,28,32)(H,29,31). The van der Waals surface area contributed by atoms with Gasteiger partial charge in [-0.3, -0.25) is 4.79 Å². The largest absolute Gasteiger partial charge is 0.485 e. The van der Waals surface area contributed by atoms with Crippen LogP contribution in [0.4, 0.5) is 14.9 Å². The summed E-state index contributed by atoms with van der Waals surface area (Å²) in [4.78, 5) is 26.4. The van der Waals surface area contributed by atoms with Gasteiger partial charge >= 0.3 is 6.03 Å². The molecule has 0 radical (unpaired) electrons. The van der Waals surface area contributed by atoms with Crippen LogP contribution in [0.15, 0.2) is 36.4 Å². The molecule has 182 valence electrons. The number of carbonyl (C=O) groups excluding carboxylic acids is 2. The molecule has 8 nitrogen and oxygen atoms in total. The molecular weight excluding hydrogens is 486 g/mol. The lowest BCUT2D eigenvalue weighted by atomic mass is 10.1. The molecule has 1 unspecified atom stereocenters. The molecule has 4 rings (SSSR count). The Morgan fingerprint density at radius 2 is 1.97 bits per heavy atom. The van der Waals surface area contributed by atoms with Gasteiger partial charge in [0.25, 0.3) is 5.91 Å². The summed E-state index contributed by atoms with van der Waals surface area (Å²) < 4.78 is 24.7. The zero-order valence-corrected chi connectivity index (χ0v) is 19.8. The Morgan fingerprint density at radius 1 is 1.18 bits per heavy atom. The number of carbonyl (C=O) groups is 2. The van der Waals surface area contributed by atoms with Crippen molar-refractivity contribution in [2.75, 3.05) is 38.1 Å². The number of urea groups is 1. The van der Waals surface area contributed by atoms with Crippen LogP contribution < -0.4 is 25.4 Å². The zero-order valence-electron chi connectivity index (χ0n) is 18.3. The molecule has 0 saturated carbocycles. The van der Waals surface area contributed by atoms with Gasteiger partial charge in [0.1, 0.15) is 23.4 Å². The molecule has 11 heteroatoms. The van der Waals surface area contributed by atoms with Gasteiger partial charge in [-0.25, -0.2) is 9.18 Å². The number of hydrogen-bond donors (Lipinski definition) is 3. The lowest BCUT2D eigenvalue weighted by Crippen LogP contribution is -2.51. The number of anilines is 1. The minimum atomic E-state index is -0.605. The monoisotopic (exact) mass is 510 g/mol. The number of fused-ring (bicyclic) bond motifs is 1. The average Bonchev–Trinajstić information content (AvgIpc) is 2.83. The molecular formula is C23H25Cl2FN4O4. The van der Waals surface area contributed by atoms with E-state index in [1.165, 1.54) is 12.1 Å². The fourth-order valence-corrected chi connectivity index (χ4v) is 4.12. The molecule has 1 fully saturated rings. The van der Waals surface area contributed by atoms with Gasteiger partial charge in [0.05, 0.1) is 23.8 Å². The van der Waals surface area contributed by atoms with Gasteiger partial charge in [-0.05, 0) is 43.2 Å². The molecule has 3 N–H and O–H groups in total. The second kappa shape index (κ2) is 11.0. The van der Waals surface area contributed by atoms with Crippen LogP contribution in [0, 0.1) is 5.82 Å².